The Balaban J connectivity index is 1.68. The quantitative estimate of drug-likeness (QED) is 0.882. The summed E-state index contributed by atoms with van der Waals surface area (Å²) in [6.07, 6.45) is 3.15. The molecule has 3 rings (SSSR count). The number of amides is 1. The fraction of sp³-hybridized carbons (Fsp3) is 0.316. The van der Waals surface area contributed by atoms with Crippen molar-refractivity contribution in [2.75, 3.05) is 24.3 Å². The van der Waals surface area contributed by atoms with E-state index in [0.29, 0.717) is 6.42 Å². The molecule has 4 nitrogen and oxygen atoms in total. The number of nitrogens with two attached hydrogens (primary N) is 1. The monoisotopic (exact) mass is 310 g/mol. The number of hydrogen-bond donors (Lipinski definition) is 1. The smallest absolute Gasteiger partial charge is 0.227 e. The maximum Gasteiger partial charge on any atom is 0.227 e. The Morgan fingerprint density at radius 3 is 2.74 bits per heavy atom. The molecule has 0 spiro atoms. The van der Waals surface area contributed by atoms with Gasteiger partial charge in [0.1, 0.15) is 5.75 Å². The van der Waals surface area contributed by atoms with Crippen LogP contribution in [0.1, 0.15) is 24.0 Å². The third-order valence-corrected chi connectivity index (χ3v) is 4.37. The number of benzene rings is 2. The van der Waals surface area contributed by atoms with Gasteiger partial charge in [0, 0.05) is 24.3 Å². The first kappa shape index (κ1) is 15.4. The number of nitrogen functional groups attached to an aromatic ring is 1. The first-order chi connectivity index (χ1) is 11.2. The summed E-state index contributed by atoms with van der Waals surface area (Å²) < 4.78 is 5.15. The Kier molecular flexibility index (Phi) is 4.51. The standard InChI is InChI=1S/C19H22N2O2/c1-23-15-10-7-14(8-11-15)9-12-19(22)21-13-3-4-16-17(20)5-2-6-18(16)21/h2,5-8,10-11H,3-4,9,12-13,20H2,1H3. The first-order valence-electron chi connectivity index (χ1n) is 7.99. The lowest BCUT2D eigenvalue weighted by Gasteiger charge is -2.30. The highest BCUT2D eigenvalue weighted by molar-refractivity contribution is 5.95. The summed E-state index contributed by atoms with van der Waals surface area (Å²) in [6, 6.07) is 13.7. The van der Waals surface area contributed by atoms with Crippen molar-refractivity contribution in [2.24, 2.45) is 0 Å². The zero-order valence-corrected chi connectivity index (χ0v) is 13.4. The van der Waals surface area contributed by atoms with Crippen LogP contribution in [-0.4, -0.2) is 19.6 Å². The fourth-order valence-electron chi connectivity index (χ4n) is 3.09. The number of fused-ring (bicyclic) bond motifs is 1. The van der Waals surface area contributed by atoms with E-state index in [-0.39, 0.29) is 5.91 Å². The van der Waals surface area contributed by atoms with Crippen molar-refractivity contribution < 1.29 is 9.53 Å². The maximum atomic E-state index is 12.6. The summed E-state index contributed by atoms with van der Waals surface area (Å²) in [7, 11) is 1.65. The van der Waals surface area contributed by atoms with Crippen LogP contribution >= 0.6 is 0 Å². The van der Waals surface area contributed by atoms with E-state index >= 15 is 0 Å². The van der Waals surface area contributed by atoms with Crippen molar-refractivity contribution in [1.29, 1.82) is 0 Å². The summed E-state index contributed by atoms with van der Waals surface area (Å²) in [5.41, 5.74) is 10.1. The number of carbonyl (C=O) groups excluding carboxylic acids is 1. The van der Waals surface area contributed by atoms with E-state index in [9.17, 15) is 4.79 Å². The maximum absolute atomic E-state index is 12.6. The van der Waals surface area contributed by atoms with Gasteiger partial charge < -0.3 is 15.4 Å². The van der Waals surface area contributed by atoms with Gasteiger partial charge in [-0.25, -0.2) is 0 Å². The molecule has 0 saturated carbocycles. The first-order valence-corrected chi connectivity index (χ1v) is 7.99. The molecule has 0 saturated heterocycles. The molecule has 0 unspecified atom stereocenters. The summed E-state index contributed by atoms with van der Waals surface area (Å²) in [6.45, 7) is 0.776. The van der Waals surface area contributed by atoms with E-state index in [1.54, 1.807) is 7.11 Å². The molecule has 1 amide bonds. The van der Waals surface area contributed by atoms with E-state index in [4.69, 9.17) is 10.5 Å². The Bertz CT molecular complexity index is 695. The average molecular weight is 310 g/mol. The van der Waals surface area contributed by atoms with Crippen molar-refractivity contribution in [3.05, 3.63) is 53.6 Å². The van der Waals surface area contributed by atoms with Crippen LogP contribution < -0.4 is 15.4 Å². The van der Waals surface area contributed by atoms with Gasteiger partial charge in [-0.05, 0) is 54.7 Å². The van der Waals surface area contributed by atoms with Gasteiger partial charge in [-0.3, -0.25) is 4.79 Å². The number of methoxy groups -OCH3 is 1. The summed E-state index contributed by atoms with van der Waals surface area (Å²) in [4.78, 5) is 14.5. The van der Waals surface area contributed by atoms with Crippen LogP contribution in [0, 0.1) is 0 Å². The lowest BCUT2D eigenvalue weighted by molar-refractivity contribution is -0.118. The van der Waals surface area contributed by atoms with E-state index in [0.717, 1.165) is 54.1 Å². The second-order valence-corrected chi connectivity index (χ2v) is 5.84. The van der Waals surface area contributed by atoms with Gasteiger partial charge >= 0.3 is 0 Å². The Hall–Kier alpha value is -2.49. The number of rotatable bonds is 4. The number of ether oxygens (including phenoxy) is 1. The predicted octanol–water partition coefficient (Wildman–Crippen LogP) is 3.19. The van der Waals surface area contributed by atoms with Crippen molar-refractivity contribution in [3.63, 3.8) is 0 Å². The lowest BCUT2D eigenvalue weighted by Crippen LogP contribution is -2.35. The van der Waals surface area contributed by atoms with Crippen LogP contribution in [-0.2, 0) is 17.6 Å². The van der Waals surface area contributed by atoms with Crippen molar-refractivity contribution in [1.82, 2.24) is 0 Å². The Morgan fingerprint density at radius 1 is 1.22 bits per heavy atom. The van der Waals surface area contributed by atoms with Crippen LogP contribution in [0.2, 0.25) is 0 Å². The highest BCUT2D eigenvalue weighted by Crippen LogP contribution is 2.31. The van der Waals surface area contributed by atoms with E-state index in [2.05, 4.69) is 0 Å². The topological polar surface area (TPSA) is 55.6 Å². The molecule has 0 fully saturated rings. The van der Waals surface area contributed by atoms with Gasteiger partial charge in [0.2, 0.25) is 5.91 Å². The number of nitrogens with zero attached hydrogens (tertiary/aromatic N) is 1. The van der Waals surface area contributed by atoms with E-state index in [1.165, 1.54) is 0 Å². The van der Waals surface area contributed by atoms with Gasteiger partial charge in [-0.1, -0.05) is 18.2 Å². The van der Waals surface area contributed by atoms with Gasteiger partial charge in [0.05, 0.1) is 7.11 Å². The Morgan fingerprint density at radius 2 is 2.00 bits per heavy atom. The van der Waals surface area contributed by atoms with Crippen molar-refractivity contribution >= 4 is 17.3 Å². The molecule has 0 aliphatic carbocycles. The van der Waals surface area contributed by atoms with E-state index in [1.807, 2.05) is 47.4 Å². The molecule has 0 radical (unpaired) electrons. The van der Waals surface area contributed by atoms with Crippen LogP contribution in [0.15, 0.2) is 42.5 Å². The highest BCUT2D eigenvalue weighted by Gasteiger charge is 2.23. The lowest BCUT2D eigenvalue weighted by atomic mass is 9.99. The third kappa shape index (κ3) is 3.31. The van der Waals surface area contributed by atoms with Crippen molar-refractivity contribution in [2.45, 2.75) is 25.7 Å². The molecular weight excluding hydrogens is 288 g/mol. The number of aryl methyl sites for hydroxylation is 1. The van der Waals surface area contributed by atoms with Gasteiger partial charge in [-0.2, -0.15) is 0 Å². The molecule has 2 aromatic rings. The minimum absolute atomic E-state index is 0.160. The molecule has 0 aromatic heterocycles. The van der Waals surface area contributed by atoms with E-state index < -0.39 is 0 Å². The summed E-state index contributed by atoms with van der Waals surface area (Å²) in [5.74, 6) is 0.993. The second-order valence-electron chi connectivity index (χ2n) is 5.84. The molecule has 120 valence electrons. The number of hydrogen-bond acceptors (Lipinski definition) is 3. The molecule has 0 bridgehead atoms. The molecule has 2 N–H and O–H groups in total. The molecular formula is C19H22N2O2. The van der Waals surface area contributed by atoms with Crippen LogP contribution in [0.3, 0.4) is 0 Å². The normalized spacial score (nSPS) is 13.5. The molecule has 2 aromatic carbocycles. The molecule has 4 heteroatoms. The van der Waals surface area contributed by atoms with Crippen LogP contribution in [0.5, 0.6) is 5.75 Å². The number of anilines is 2. The van der Waals surface area contributed by atoms with Crippen LogP contribution in [0.25, 0.3) is 0 Å². The van der Waals surface area contributed by atoms with Gasteiger partial charge in [0.25, 0.3) is 0 Å². The zero-order chi connectivity index (χ0) is 16.2. The largest absolute Gasteiger partial charge is 0.497 e. The Labute approximate surface area is 136 Å². The molecule has 23 heavy (non-hydrogen) atoms. The van der Waals surface area contributed by atoms with Crippen LogP contribution in [0.4, 0.5) is 11.4 Å². The average Bonchev–Trinajstić information content (AvgIpc) is 2.60. The minimum atomic E-state index is 0.160. The second kappa shape index (κ2) is 6.73. The molecule has 1 heterocycles. The minimum Gasteiger partial charge on any atom is -0.497 e. The third-order valence-electron chi connectivity index (χ3n) is 4.37. The molecule has 1 aliphatic rings. The zero-order valence-electron chi connectivity index (χ0n) is 13.4. The summed E-state index contributed by atoms with van der Waals surface area (Å²) >= 11 is 0. The predicted molar refractivity (Wildman–Crippen MR) is 92.8 cm³/mol. The SMILES string of the molecule is COc1ccc(CCC(=O)N2CCCc3c(N)cccc32)cc1. The van der Waals surface area contributed by atoms with Crippen molar-refractivity contribution in [3.8, 4) is 5.75 Å². The number of carbonyl (C=O) groups is 1. The summed E-state index contributed by atoms with van der Waals surface area (Å²) in [5, 5.41) is 0. The highest BCUT2D eigenvalue weighted by atomic mass is 16.5. The molecule has 0 atom stereocenters. The fourth-order valence-corrected chi connectivity index (χ4v) is 3.09. The van der Waals surface area contributed by atoms with Gasteiger partial charge in [0.15, 0.2) is 0 Å². The van der Waals surface area contributed by atoms with Gasteiger partial charge in [-0.15, -0.1) is 0 Å². The molecule has 1 aliphatic heterocycles.